The molecule has 3 heterocycles. The Bertz CT molecular complexity index is 1130. The third-order valence-corrected chi connectivity index (χ3v) is 4.14. The second-order valence-electron chi connectivity index (χ2n) is 5.97. The van der Waals surface area contributed by atoms with Gasteiger partial charge in [0, 0.05) is 30.1 Å². The Hall–Kier alpha value is -3.62. The normalized spacial score (nSPS) is 12.3. The first-order chi connectivity index (χ1) is 13.0. The van der Waals surface area contributed by atoms with Crippen LogP contribution in [0.3, 0.4) is 0 Å². The summed E-state index contributed by atoms with van der Waals surface area (Å²) < 4.78 is 28.7. The molecule has 0 unspecified atom stereocenters. The minimum absolute atomic E-state index is 0.288. The molecule has 0 aliphatic carbocycles. The molecule has 0 bridgehead atoms. The van der Waals surface area contributed by atoms with Crippen molar-refractivity contribution in [3.8, 4) is 11.3 Å². The van der Waals surface area contributed by atoms with E-state index in [1.165, 1.54) is 18.5 Å². The number of hydrogen-bond donors (Lipinski definition) is 2. The van der Waals surface area contributed by atoms with Crippen LogP contribution in [0.4, 0.5) is 20.4 Å². The Morgan fingerprint density at radius 3 is 2.81 bits per heavy atom. The first kappa shape index (κ1) is 16.8. The average molecular weight is 367 g/mol. The molecule has 0 aliphatic heterocycles. The number of fused-ring (bicyclic) bond motifs is 1. The lowest BCUT2D eigenvalue weighted by atomic mass is 10.1. The predicted molar refractivity (Wildman–Crippen MR) is 96.8 cm³/mol. The lowest BCUT2D eigenvalue weighted by molar-refractivity contribution is 0.566. The number of nitrogens with one attached hydrogen (secondary N) is 1. The van der Waals surface area contributed by atoms with Crippen LogP contribution in [-0.4, -0.2) is 24.6 Å². The van der Waals surface area contributed by atoms with Gasteiger partial charge in [-0.1, -0.05) is 6.07 Å². The fraction of sp³-hybridized carbons (Fsp3) is 0.111. The average Bonchev–Trinajstić information content (AvgIpc) is 2.97. The van der Waals surface area contributed by atoms with Crippen LogP contribution in [-0.2, 0) is 0 Å². The molecule has 0 fully saturated rings. The summed E-state index contributed by atoms with van der Waals surface area (Å²) in [6.45, 7) is 1.75. The first-order valence-electron chi connectivity index (χ1n) is 8.15. The number of nitrogens with zero attached hydrogens (tertiary/aromatic N) is 5. The molecule has 0 aliphatic rings. The Morgan fingerprint density at radius 1 is 1.15 bits per heavy atom. The first-order valence-corrected chi connectivity index (χ1v) is 8.15. The maximum absolute atomic E-state index is 14.0. The van der Waals surface area contributed by atoms with Crippen LogP contribution in [0.2, 0.25) is 0 Å². The van der Waals surface area contributed by atoms with Crippen LogP contribution in [0.1, 0.15) is 18.5 Å². The highest BCUT2D eigenvalue weighted by Gasteiger charge is 2.17. The van der Waals surface area contributed by atoms with Gasteiger partial charge in [-0.05, 0) is 19.1 Å². The van der Waals surface area contributed by atoms with E-state index in [1.807, 2.05) is 0 Å². The molecule has 4 aromatic rings. The van der Waals surface area contributed by atoms with Crippen LogP contribution in [0.25, 0.3) is 16.9 Å². The van der Waals surface area contributed by atoms with Gasteiger partial charge in [0.15, 0.2) is 11.5 Å². The van der Waals surface area contributed by atoms with Crippen molar-refractivity contribution >= 4 is 17.3 Å². The molecule has 1 aromatic carbocycles. The van der Waals surface area contributed by atoms with Crippen molar-refractivity contribution in [2.75, 3.05) is 11.1 Å². The zero-order valence-corrected chi connectivity index (χ0v) is 14.3. The number of rotatable bonds is 4. The number of aromatic nitrogens is 5. The van der Waals surface area contributed by atoms with E-state index in [-0.39, 0.29) is 5.82 Å². The zero-order valence-electron chi connectivity index (χ0n) is 14.3. The largest absolute Gasteiger partial charge is 0.382 e. The lowest BCUT2D eigenvalue weighted by Crippen LogP contribution is -2.10. The molecule has 27 heavy (non-hydrogen) atoms. The van der Waals surface area contributed by atoms with E-state index in [1.54, 1.807) is 36.0 Å². The molecular formula is C18H15F2N7. The van der Waals surface area contributed by atoms with Crippen LogP contribution in [0.5, 0.6) is 0 Å². The van der Waals surface area contributed by atoms with E-state index in [0.717, 1.165) is 6.07 Å². The van der Waals surface area contributed by atoms with Crippen LogP contribution >= 0.6 is 0 Å². The summed E-state index contributed by atoms with van der Waals surface area (Å²) in [5.74, 6) is -0.494. The molecule has 0 radical (unpaired) electrons. The number of nitrogen functional groups attached to an aromatic ring is 1. The number of nitrogens with two attached hydrogens (primary N) is 1. The minimum Gasteiger partial charge on any atom is -0.382 e. The highest BCUT2D eigenvalue weighted by Crippen LogP contribution is 2.29. The van der Waals surface area contributed by atoms with Crippen molar-refractivity contribution in [1.29, 1.82) is 0 Å². The van der Waals surface area contributed by atoms with Crippen LogP contribution in [0.15, 0.2) is 49.1 Å². The standard InChI is InChI=1S/C18H15F2N7/c1-10(12-4-3-11(19)7-13(12)20)25-15-8-14(23-9-24-15)16-17(21)26-27-6-2-5-22-18(16)27/h2-10H,1H3,(H2,21,26)(H,23,24,25)/t10-/m0/s1. The molecule has 136 valence electrons. The van der Waals surface area contributed by atoms with Gasteiger partial charge in [0.25, 0.3) is 0 Å². The van der Waals surface area contributed by atoms with Gasteiger partial charge in [-0.2, -0.15) is 0 Å². The zero-order chi connectivity index (χ0) is 19.0. The van der Waals surface area contributed by atoms with E-state index >= 15 is 0 Å². The molecule has 0 amide bonds. The Kier molecular flexibility index (Phi) is 4.11. The summed E-state index contributed by atoms with van der Waals surface area (Å²) in [5, 5.41) is 7.30. The van der Waals surface area contributed by atoms with Gasteiger partial charge in [0.05, 0.1) is 17.3 Å². The molecular weight excluding hydrogens is 352 g/mol. The smallest absolute Gasteiger partial charge is 0.166 e. The van der Waals surface area contributed by atoms with Gasteiger partial charge < -0.3 is 11.1 Å². The quantitative estimate of drug-likeness (QED) is 0.575. The second kappa shape index (κ2) is 6.60. The van der Waals surface area contributed by atoms with Gasteiger partial charge >= 0.3 is 0 Å². The summed E-state index contributed by atoms with van der Waals surface area (Å²) in [7, 11) is 0. The highest BCUT2D eigenvalue weighted by molar-refractivity contribution is 5.84. The SMILES string of the molecule is C[C@H](Nc1cc(-c2c(N)nn3cccnc23)ncn1)c1ccc(F)cc1F. The van der Waals surface area contributed by atoms with Gasteiger partial charge in [-0.25, -0.2) is 28.2 Å². The van der Waals surface area contributed by atoms with Gasteiger partial charge in [-0.15, -0.1) is 5.10 Å². The Labute approximate surface area is 152 Å². The fourth-order valence-electron chi connectivity index (χ4n) is 2.87. The number of benzene rings is 1. The Balaban J connectivity index is 1.67. The Morgan fingerprint density at radius 2 is 2.00 bits per heavy atom. The molecule has 1 atom stereocenters. The van der Waals surface area contributed by atoms with Crippen molar-refractivity contribution < 1.29 is 8.78 Å². The summed E-state index contributed by atoms with van der Waals surface area (Å²) in [6, 6.07) is 6.46. The third-order valence-electron chi connectivity index (χ3n) is 4.14. The van der Waals surface area contributed by atoms with E-state index in [0.29, 0.717) is 28.3 Å². The van der Waals surface area contributed by atoms with Crippen LogP contribution < -0.4 is 11.1 Å². The van der Waals surface area contributed by atoms with E-state index in [2.05, 4.69) is 25.4 Å². The number of anilines is 2. The van der Waals surface area contributed by atoms with Gasteiger partial charge in [0.2, 0.25) is 0 Å². The topological polar surface area (TPSA) is 94.0 Å². The van der Waals surface area contributed by atoms with Crippen LogP contribution in [0, 0.1) is 11.6 Å². The summed E-state index contributed by atoms with van der Waals surface area (Å²) in [5.41, 5.74) is 8.04. The summed E-state index contributed by atoms with van der Waals surface area (Å²) >= 11 is 0. The molecule has 9 heteroatoms. The number of halogens is 2. The molecule has 0 spiro atoms. The molecule has 3 aromatic heterocycles. The molecule has 4 rings (SSSR count). The third kappa shape index (κ3) is 3.14. The summed E-state index contributed by atoms with van der Waals surface area (Å²) in [6.07, 6.45) is 4.75. The fourth-order valence-corrected chi connectivity index (χ4v) is 2.87. The summed E-state index contributed by atoms with van der Waals surface area (Å²) in [4.78, 5) is 12.7. The predicted octanol–water partition coefficient (Wildman–Crippen LogP) is 3.22. The van der Waals surface area contributed by atoms with Crippen molar-refractivity contribution in [2.24, 2.45) is 0 Å². The maximum atomic E-state index is 14.0. The van der Waals surface area contributed by atoms with Crippen molar-refractivity contribution in [3.05, 3.63) is 66.3 Å². The van der Waals surface area contributed by atoms with Gasteiger partial charge in [-0.3, -0.25) is 0 Å². The minimum atomic E-state index is -0.625. The van der Waals surface area contributed by atoms with Crippen molar-refractivity contribution in [3.63, 3.8) is 0 Å². The monoisotopic (exact) mass is 367 g/mol. The van der Waals surface area contributed by atoms with E-state index in [4.69, 9.17) is 5.73 Å². The second-order valence-corrected chi connectivity index (χ2v) is 5.97. The molecule has 3 N–H and O–H groups in total. The lowest BCUT2D eigenvalue weighted by Gasteiger charge is -2.16. The highest BCUT2D eigenvalue weighted by atomic mass is 19.1. The molecule has 0 saturated carbocycles. The van der Waals surface area contributed by atoms with E-state index < -0.39 is 17.7 Å². The molecule has 7 nitrogen and oxygen atoms in total. The molecule has 0 saturated heterocycles. The number of hydrogen-bond acceptors (Lipinski definition) is 6. The van der Waals surface area contributed by atoms with E-state index in [9.17, 15) is 8.78 Å². The van der Waals surface area contributed by atoms with Gasteiger partial charge in [0.1, 0.15) is 23.8 Å². The van der Waals surface area contributed by atoms with Crippen molar-refractivity contribution in [2.45, 2.75) is 13.0 Å². The maximum Gasteiger partial charge on any atom is 0.166 e. The van der Waals surface area contributed by atoms with Crippen molar-refractivity contribution in [1.82, 2.24) is 24.6 Å².